The van der Waals surface area contributed by atoms with E-state index in [4.69, 9.17) is 21.7 Å². The zero-order valence-electron chi connectivity index (χ0n) is 19.6. The number of thiocarbonyl (C=S) groups is 1. The minimum atomic E-state index is -1.01. The molecule has 0 saturated heterocycles. The van der Waals surface area contributed by atoms with Gasteiger partial charge in [-0.25, -0.2) is 4.79 Å². The summed E-state index contributed by atoms with van der Waals surface area (Å²) in [4.78, 5) is 25.4. The van der Waals surface area contributed by atoms with Crippen molar-refractivity contribution in [3.63, 3.8) is 0 Å². The van der Waals surface area contributed by atoms with Crippen LogP contribution in [-0.4, -0.2) is 28.3 Å². The lowest BCUT2D eigenvalue weighted by atomic mass is 9.89. The fraction of sp³-hybridized carbons (Fsp3) is 0.400. The van der Waals surface area contributed by atoms with Crippen LogP contribution >= 0.6 is 12.2 Å². The van der Waals surface area contributed by atoms with Gasteiger partial charge in [-0.1, -0.05) is 18.3 Å². The minimum Gasteiger partial charge on any atom is -0.478 e. The van der Waals surface area contributed by atoms with Gasteiger partial charge in [0.05, 0.1) is 16.7 Å². The van der Waals surface area contributed by atoms with Crippen molar-refractivity contribution >= 4 is 35.3 Å². The van der Waals surface area contributed by atoms with E-state index in [1.165, 1.54) is 12.4 Å². The number of aryl methyl sites for hydroxylation is 2. The van der Waals surface area contributed by atoms with Gasteiger partial charge in [-0.2, -0.15) is 0 Å². The number of anilines is 1. The molecule has 170 valence electrons. The predicted octanol–water partition coefficient (Wildman–Crippen LogP) is 5.36. The first-order valence-corrected chi connectivity index (χ1v) is 11.0. The molecular formula is C25H29NO5S. The molecule has 2 aromatic rings. The number of carbonyl (C=O) groups excluding carboxylic acids is 1. The number of rotatable bonds is 5. The van der Waals surface area contributed by atoms with E-state index in [1.807, 2.05) is 47.6 Å². The molecule has 6 nitrogen and oxygen atoms in total. The lowest BCUT2D eigenvalue weighted by Crippen LogP contribution is -2.53. The van der Waals surface area contributed by atoms with Crippen LogP contribution in [0.25, 0.3) is 0 Å². The molecule has 1 unspecified atom stereocenters. The first-order valence-electron chi connectivity index (χ1n) is 10.5. The Bertz CT molecular complexity index is 1140. The zero-order valence-corrected chi connectivity index (χ0v) is 20.4. The SMILES string of the molecule is CC(=O)Oc1c(C)c(C)c2c(c1C)CCC(C)(N(C=S)c1c(C)cc(C)cc1C(=O)O)O2. The van der Waals surface area contributed by atoms with Crippen LogP contribution in [0.3, 0.4) is 0 Å². The summed E-state index contributed by atoms with van der Waals surface area (Å²) in [6.45, 7) is 12.8. The number of carboxylic acids is 1. The molecule has 0 saturated carbocycles. The molecule has 0 fully saturated rings. The molecule has 1 aliphatic heterocycles. The van der Waals surface area contributed by atoms with E-state index in [0.717, 1.165) is 39.1 Å². The summed E-state index contributed by atoms with van der Waals surface area (Å²) < 4.78 is 12.1. The molecule has 2 aromatic carbocycles. The largest absolute Gasteiger partial charge is 0.478 e. The van der Waals surface area contributed by atoms with E-state index in [1.54, 1.807) is 11.0 Å². The van der Waals surface area contributed by atoms with Crippen LogP contribution in [0.5, 0.6) is 11.5 Å². The van der Waals surface area contributed by atoms with Gasteiger partial charge in [0, 0.05) is 18.9 Å². The average molecular weight is 456 g/mol. The average Bonchev–Trinajstić information content (AvgIpc) is 2.70. The van der Waals surface area contributed by atoms with E-state index >= 15 is 0 Å². The number of nitrogens with zero attached hydrogens (tertiary/aromatic N) is 1. The molecule has 0 aliphatic carbocycles. The highest BCUT2D eigenvalue weighted by Gasteiger charge is 2.41. The first kappa shape index (κ1) is 23.7. The topological polar surface area (TPSA) is 76.1 Å². The quantitative estimate of drug-likeness (QED) is 0.370. The third kappa shape index (κ3) is 3.97. The molecule has 1 atom stereocenters. The normalized spacial score (nSPS) is 17.2. The summed E-state index contributed by atoms with van der Waals surface area (Å²) in [6.07, 6.45) is 1.24. The van der Waals surface area contributed by atoms with Gasteiger partial charge in [0.2, 0.25) is 0 Å². The van der Waals surface area contributed by atoms with Crippen molar-refractivity contribution < 1.29 is 24.2 Å². The maximum atomic E-state index is 12.0. The smallest absolute Gasteiger partial charge is 0.337 e. The van der Waals surface area contributed by atoms with Crippen molar-refractivity contribution in [3.8, 4) is 11.5 Å². The Morgan fingerprint density at radius 1 is 1.16 bits per heavy atom. The number of carboxylic acid groups (broad SMARTS) is 1. The summed E-state index contributed by atoms with van der Waals surface area (Å²) in [5, 5.41) is 9.86. The fourth-order valence-corrected chi connectivity index (χ4v) is 4.86. The Morgan fingerprint density at radius 2 is 1.81 bits per heavy atom. The van der Waals surface area contributed by atoms with Gasteiger partial charge in [0.25, 0.3) is 0 Å². The van der Waals surface area contributed by atoms with Gasteiger partial charge in [0.15, 0.2) is 5.72 Å². The predicted molar refractivity (Wildman–Crippen MR) is 128 cm³/mol. The summed E-state index contributed by atoms with van der Waals surface area (Å²) in [5.74, 6) is -0.0641. The second kappa shape index (κ2) is 8.54. The molecule has 1 heterocycles. The molecule has 0 amide bonds. The lowest BCUT2D eigenvalue weighted by molar-refractivity contribution is -0.132. The van der Waals surface area contributed by atoms with Crippen LogP contribution in [0, 0.1) is 34.6 Å². The molecule has 3 rings (SSSR count). The van der Waals surface area contributed by atoms with E-state index in [9.17, 15) is 14.7 Å². The molecule has 7 heteroatoms. The van der Waals surface area contributed by atoms with Gasteiger partial charge >= 0.3 is 11.9 Å². The van der Waals surface area contributed by atoms with E-state index in [2.05, 4.69) is 0 Å². The Kier molecular flexibility index (Phi) is 6.33. The van der Waals surface area contributed by atoms with Gasteiger partial charge in [-0.15, -0.1) is 0 Å². The van der Waals surface area contributed by atoms with Gasteiger partial charge in [-0.3, -0.25) is 9.69 Å². The molecular weight excluding hydrogens is 426 g/mol. The maximum Gasteiger partial charge on any atom is 0.337 e. The van der Waals surface area contributed by atoms with Crippen molar-refractivity contribution in [2.75, 3.05) is 4.90 Å². The van der Waals surface area contributed by atoms with Crippen LogP contribution < -0.4 is 14.4 Å². The summed E-state index contributed by atoms with van der Waals surface area (Å²) in [6, 6.07) is 3.60. The van der Waals surface area contributed by atoms with Gasteiger partial charge < -0.3 is 14.6 Å². The Hall–Kier alpha value is -2.93. The Morgan fingerprint density at radius 3 is 2.38 bits per heavy atom. The molecule has 1 N–H and O–H groups in total. The van der Waals surface area contributed by atoms with Crippen molar-refractivity contribution in [1.82, 2.24) is 0 Å². The number of fused-ring (bicyclic) bond motifs is 1. The molecule has 0 aromatic heterocycles. The first-order chi connectivity index (χ1) is 14.9. The summed E-state index contributed by atoms with van der Waals surface area (Å²) in [7, 11) is 0. The van der Waals surface area contributed by atoms with Gasteiger partial charge in [-0.05, 0) is 81.8 Å². The highest BCUT2D eigenvalue weighted by atomic mass is 32.1. The third-order valence-electron chi connectivity index (χ3n) is 6.25. The molecule has 0 bridgehead atoms. The van der Waals surface area contributed by atoms with Crippen molar-refractivity contribution in [2.24, 2.45) is 0 Å². The minimum absolute atomic E-state index is 0.188. The maximum absolute atomic E-state index is 12.0. The van der Waals surface area contributed by atoms with Crippen molar-refractivity contribution in [2.45, 2.75) is 67.0 Å². The second-order valence-electron chi connectivity index (χ2n) is 8.64. The van der Waals surface area contributed by atoms with Gasteiger partial charge in [0.1, 0.15) is 11.5 Å². The fourth-order valence-electron chi connectivity index (χ4n) is 4.53. The number of aromatic carboxylic acids is 1. The standard InChI is InChI=1S/C25H29NO5S/c1-13-10-14(2)21(20(11-13)24(28)29)26(12-32)25(7)9-8-19-17(5)22(30-18(6)27)15(3)16(4)23(19)31-25/h10-12H,8-9H2,1-7H3,(H,28,29). The number of carbonyl (C=O) groups is 2. The van der Waals surface area contributed by atoms with Crippen LogP contribution in [0.15, 0.2) is 12.1 Å². The number of ether oxygens (including phenoxy) is 2. The van der Waals surface area contributed by atoms with E-state index < -0.39 is 11.7 Å². The number of benzene rings is 2. The zero-order chi connectivity index (χ0) is 24.0. The van der Waals surface area contributed by atoms with E-state index in [0.29, 0.717) is 24.3 Å². The number of hydrogen-bond acceptors (Lipinski definition) is 5. The summed E-state index contributed by atoms with van der Waals surface area (Å²) >= 11 is 5.37. The lowest BCUT2D eigenvalue weighted by Gasteiger charge is -2.45. The second-order valence-corrected chi connectivity index (χ2v) is 8.85. The Labute approximate surface area is 194 Å². The monoisotopic (exact) mass is 455 g/mol. The summed E-state index contributed by atoms with van der Waals surface area (Å²) in [5.41, 5.74) is 6.59. The number of hydrogen-bond donors (Lipinski definition) is 1. The highest BCUT2D eigenvalue weighted by molar-refractivity contribution is 7.79. The third-order valence-corrected chi connectivity index (χ3v) is 6.46. The molecule has 1 aliphatic rings. The van der Waals surface area contributed by atoms with Crippen LogP contribution in [-0.2, 0) is 11.2 Å². The van der Waals surface area contributed by atoms with Crippen molar-refractivity contribution in [3.05, 3.63) is 51.1 Å². The number of esters is 1. The van der Waals surface area contributed by atoms with Crippen LogP contribution in [0.4, 0.5) is 5.69 Å². The van der Waals surface area contributed by atoms with Crippen LogP contribution in [0.1, 0.15) is 64.0 Å². The highest BCUT2D eigenvalue weighted by Crippen LogP contribution is 2.46. The Balaban J connectivity index is 2.15. The molecule has 32 heavy (non-hydrogen) atoms. The van der Waals surface area contributed by atoms with E-state index in [-0.39, 0.29) is 11.5 Å². The molecule has 0 radical (unpaired) electrons. The van der Waals surface area contributed by atoms with Crippen LogP contribution in [0.2, 0.25) is 0 Å². The van der Waals surface area contributed by atoms with Crippen molar-refractivity contribution in [1.29, 1.82) is 0 Å². The molecule has 0 spiro atoms.